The smallest absolute Gasteiger partial charge is 0.225 e. The van der Waals surface area contributed by atoms with E-state index in [1.807, 2.05) is 6.92 Å². The average molecular weight is 352 g/mol. The van der Waals surface area contributed by atoms with Crippen LogP contribution in [0, 0.1) is 0 Å². The van der Waals surface area contributed by atoms with E-state index in [1.165, 1.54) is 12.5 Å². The highest BCUT2D eigenvalue weighted by Crippen LogP contribution is 2.30. The number of carbonyl (C=O) groups is 2. The topological polar surface area (TPSA) is 75.2 Å². The van der Waals surface area contributed by atoms with Crippen molar-refractivity contribution in [3.63, 3.8) is 0 Å². The van der Waals surface area contributed by atoms with E-state index in [2.05, 4.69) is 44.5 Å². The van der Waals surface area contributed by atoms with Gasteiger partial charge in [0.2, 0.25) is 11.9 Å². The van der Waals surface area contributed by atoms with Crippen molar-refractivity contribution in [2.24, 2.45) is 0 Å². The minimum absolute atomic E-state index is 0.0163. The molecule has 6 nitrogen and oxygen atoms in total. The van der Waals surface area contributed by atoms with E-state index in [4.69, 9.17) is 0 Å². The largest absolute Gasteiger partial charge is 0.350 e. The van der Waals surface area contributed by atoms with Crippen LogP contribution in [0.3, 0.4) is 0 Å². The van der Waals surface area contributed by atoms with Gasteiger partial charge >= 0.3 is 0 Å². The molecule has 3 rings (SSSR count). The van der Waals surface area contributed by atoms with Gasteiger partial charge in [0, 0.05) is 32.4 Å². The molecule has 0 radical (unpaired) electrons. The summed E-state index contributed by atoms with van der Waals surface area (Å²) in [4.78, 5) is 32.6. The van der Waals surface area contributed by atoms with E-state index in [0.717, 1.165) is 37.8 Å². The maximum Gasteiger partial charge on any atom is 0.225 e. The van der Waals surface area contributed by atoms with Gasteiger partial charge in [0.25, 0.3) is 0 Å². The van der Waals surface area contributed by atoms with E-state index >= 15 is 0 Å². The van der Waals surface area contributed by atoms with E-state index in [1.54, 1.807) is 12.4 Å². The standard InChI is InChI=1S/C20H24N4O2/c1-14(23-15(2)26)17-3-5-18(6-4-17)19-7-9-24(10-8-19)20-21-11-16(13-25)12-22-20/h3-6,11-14,19H,7-10H2,1-2H3,(H,23,26)/t14-/m0/s1. The fourth-order valence-corrected chi connectivity index (χ4v) is 3.41. The molecular weight excluding hydrogens is 328 g/mol. The average Bonchev–Trinajstić information content (AvgIpc) is 2.68. The van der Waals surface area contributed by atoms with Crippen molar-refractivity contribution in [2.75, 3.05) is 18.0 Å². The second-order valence-corrected chi connectivity index (χ2v) is 6.78. The van der Waals surface area contributed by atoms with Crippen molar-refractivity contribution in [2.45, 2.75) is 38.6 Å². The summed E-state index contributed by atoms with van der Waals surface area (Å²) in [6, 6.07) is 8.56. The molecule has 1 aromatic carbocycles. The van der Waals surface area contributed by atoms with Gasteiger partial charge in [-0.3, -0.25) is 9.59 Å². The molecular formula is C20H24N4O2. The van der Waals surface area contributed by atoms with Crippen LogP contribution in [0.15, 0.2) is 36.7 Å². The Balaban J connectivity index is 1.59. The summed E-state index contributed by atoms with van der Waals surface area (Å²) in [6.07, 6.45) is 5.97. The van der Waals surface area contributed by atoms with Gasteiger partial charge in [0.05, 0.1) is 11.6 Å². The van der Waals surface area contributed by atoms with Crippen molar-refractivity contribution in [1.82, 2.24) is 15.3 Å². The number of piperidine rings is 1. The number of hydrogen-bond acceptors (Lipinski definition) is 5. The summed E-state index contributed by atoms with van der Waals surface area (Å²) in [7, 11) is 0. The Hall–Kier alpha value is -2.76. The number of rotatable bonds is 5. The maximum absolute atomic E-state index is 11.2. The molecule has 0 saturated carbocycles. The molecule has 1 saturated heterocycles. The zero-order chi connectivity index (χ0) is 18.5. The highest BCUT2D eigenvalue weighted by molar-refractivity contribution is 5.73. The first-order valence-electron chi connectivity index (χ1n) is 8.96. The Morgan fingerprint density at radius 2 is 1.81 bits per heavy atom. The van der Waals surface area contributed by atoms with Crippen molar-refractivity contribution in [3.8, 4) is 0 Å². The van der Waals surface area contributed by atoms with Crippen LogP contribution in [0.5, 0.6) is 0 Å². The van der Waals surface area contributed by atoms with Gasteiger partial charge in [-0.05, 0) is 36.8 Å². The fraction of sp³-hybridized carbons (Fsp3) is 0.400. The molecule has 136 valence electrons. The van der Waals surface area contributed by atoms with Crippen LogP contribution < -0.4 is 10.2 Å². The molecule has 1 aliphatic rings. The molecule has 1 N–H and O–H groups in total. The van der Waals surface area contributed by atoms with Crippen LogP contribution >= 0.6 is 0 Å². The second kappa shape index (κ2) is 8.08. The minimum Gasteiger partial charge on any atom is -0.350 e. The molecule has 1 aromatic heterocycles. The third kappa shape index (κ3) is 4.25. The SMILES string of the molecule is CC(=O)N[C@@H](C)c1ccc(C2CCN(c3ncc(C=O)cn3)CC2)cc1. The number of hydrogen-bond donors (Lipinski definition) is 1. The lowest BCUT2D eigenvalue weighted by atomic mass is 9.88. The summed E-state index contributed by atoms with van der Waals surface area (Å²) in [6.45, 7) is 5.32. The predicted molar refractivity (Wildman–Crippen MR) is 100 cm³/mol. The van der Waals surface area contributed by atoms with Crippen molar-refractivity contribution < 1.29 is 9.59 Å². The molecule has 2 heterocycles. The summed E-state index contributed by atoms with van der Waals surface area (Å²) in [5.41, 5.74) is 2.95. The number of aromatic nitrogens is 2. The molecule has 1 atom stereocenters. The second-order valence-electron chi connectivity index (χ2n) is 6.78. The molecule has 6 heteroatoms. The van der Waals surface area contributed by atoms with Crippen LogP contribution in [-0.2, 0) is 4.79 Å². The fourth-order valence-electron chi connectivity index (χ4n) is 3.41. The van der Waals surface area contributed by atoms with Gasteiger partial charge in [-0.15, -0.1) is 0 Å². The third-order valence-corrected chi connectivity index (χ3v) is 4.90. The van der Waals surface area contributed by atoms with Crippen LogP contribution in [0.2, 0.25) is 0 Å². The van der Waals surface area contributed by atoms with E-state index < -0.39 is 0 Å². The Morgan fingerprint density at radius 3 is 2.35 bits per heavy atom. The number of nitrogens with one attached hydrogen (secondary N) is 1. The first-order chi connectivity index (χ1) is 12.6. The lowest BCUT2D eigenvalue weighted by molar-refractivity contribution is -0.119. The van der Waals surface area contributed by atoms with Gasteiger partial charge in [-0.1, -0.05) is 24.3 Å². The lowest BCUT2D eigenvalue weighted by Gasteiger charge is -2.32. The van der Waals surface area contributed by atoms with Crippen molar-refractivity contribution in [3.05, 3.63) is 53.3 Å². The van der Waals surface area contributed by atoms with Gasteiger partial charge in [0.15, 0.2) is 6.29 Å². The first kappa shape index (κ1) is 18.0. The number of benzene rings is 1. The van der Waals surface area contributed by atoms with Crippen molar-refractivity contribution >= 4 is 18.1 Å². The van der Waals surface area contributed by atoms with Crippen LogP contribution in [0.25, 0.3) is 0 Å². The third-order valence-electron chi connectivity index (χ3n) is 4.90. The summed E-state index contributed by atoms with van der Waals surface area (Å²) in [5, 5.41) is 2.91. The van der Waals surface area contributed by atoms with Gasteiger partial charge in [0.1, 0.15) is 0 Å². The summed E-state index contributed by atoms with van der Waals surface area (Å²) >= 11 is 0. The van der Waals surface area contributed by atoms with Gasteiger partial charge < -0.3 is 10.2 Å². The Morgan fingerprint density at radius 1 is 1.19 bits per heavy atom. The van der Waals surface area contributed by atoms with Crippen LogP contribution in [-0.4, -0.2) is 35.3 Å². The number of amides is 1. The summed E-state index contributed by atoms with van der Waals surface area (Å²) < 4.78 is 0. The number of aldehydes is 1. The molecule has 0 unspecified atom stereocenters. The highest BCUT2D eigenvalue weighted by Gasteiger charge is 2.22. The molecule has 1 fully saturated rings. The van der Waals surface area contributed by atoms with E-state index in [9.17, 15) is 9.59 Å². The van der Waals surface area contributed by atoms with Crippen LogP contribution in [0.1, 0.15) is 60.1 Å². The summed E-state index contributed by atoms with van der Waals surface area (Å²) in [5.74, 6) is 1.19. The van der Waals surface area contributed by atoms with E-state index in [0.29, 0.717) is 17.4 Å². The number of carbonyl (C=O) groups excluding carboxylic acids is 2. The van der Waals surface area contributed by atoms with Crippen molar-refractivity contribution in [1.29, 1.82) is 0 Å². The molecule has 0 aliphatic carbocycles. The number of nitrogens with zero attached hydrogens (tertiary/aromatic N) is 3. The predicted octanol–water partition coefficient (Wildman–Crippen LogP) is 2.87. The number of anilines is 1. The highest BCUT2D eigenvalue weighted by atomic mass is 16.1. The van der Waals surface area contributed by atoms with Crippen LogP contribution in [0.4, 0.5) is 5.95 Å². The molecule has 0 bridgehead atoms. The van der Waals surface area contributed by atoms with Gasteiger partial charge in [-0.2, -0.15) is 0 Å². The van der Waals surface area contributed by atoms with E-state index in [-0.39, 0.29) is 11.9 Å². The Bertz CT molecular complexity index is 750. The monoisotopic (exact) mass is 352 g/mol. The zero-order valence-corrected chi connectivity index (χ0v) is 15.2. The maximum atomic E-state index is 11.2. The lowest BCUT2D eigenvalue weighted by Crippen LogP contribution is -2.34. The normalized spacial score (nSPS) is 16.2. The molecule has 2 aromatic rings. The Kier molecular flexibility index (Phi) is 5.61. The van der Waals surface area contributed by atoms with Gasteiger partial charge in [-0.25, -0.2) is 9.97 Å². The molecule has 0 spiro atoms. The quantitative estimate of drug-likeness (QED) is 0.838. The zero-order valence-electron chi connectivity index (χ0n) is 15.2. The molecule has 1 aliphatic heterocycles. The minimum atomic E-state index is -0.0163. The molecule has 1 amide bonds. The Labute approximate surface area is 153 Å². The first-order valence-corrected chi connectivity index (χ1v) is 8.96. The molecule has 26 heavy (non-hydrogen) atoms.